The van der Waals surface area contributed by atoms with E-state index in [0.717, 1.165) is 18.5 Å². The molecular weight excluding hydrogens is 374 g/mol. The summed E-state index contributed by atoms with van der Waals surface area (Å²) in [5.74, 6) is 1.94. The zero-order valence-corrected chi connectivity index (χ0v) is 17.3. The normalized spacial score (nSPS) is 23.4. The first-order valence-corrected chi connectivity index (χ1v) is 9.94. The Hall–Kier alpha value is -2.97. The molecule has 0 radical (unpaired) electrons. The summed E-state index contributed by atoms with van der Waals surface area (Å²) in [6.07, 6.45) is 1.20. The molecule has 0 aliphatic carbocycles. The van der Waals surface area contributed by atoms with Crippen molar-refractivity contribution in [2.75, 3.05) is 45.8 Å². The zero-order valence-electron chi connectivity index (χ0n) is 17.3. The number of anilines is 1. The average molecular weight is 401 g/mol. The van der Waals surface area contributed by atoms with Gasteiger partial charge in [-0.1, -0.05) is 13.3 Å². The number of methoxy groups -OCH3 is 2. The van der Waals surface area contributed by atoms with Crippen LogP contribution in [-0.2, 0) is 4.79 Å². The minimum Gasteiger partial charge on any atom is -0.497 e. The summed E-state index contributed by atoms with van der Waals surface area (Å²) in [6.45, 7) is 3.81. The predicted molar refractivity (Wildman–Crippen MR) is 108 cm³/mol. The number of likely N-dealkylation sites (N-methyl/N-ethyl adjacent to an activating group) is 1. The molecule has 1 aromatic rings. The van der Waals surface area contributed by atoms with Crippen molar-refractivity contribution in [1.29, 1.82) is 0 Å². The third-order valence-electron chi connectivity index (χ3n) is 5.79. The van der Waals surface area contributed by atoms with Crippen LogP contribution in [0, 0.1) is 0 Å². The van der Waals surface area contributed by atoms with Crippen LogP contribution in [-0.4, -0.2) is 85.7 Å². The molecule has 2 unspecified atom stereocenters. The first-order chi connectivity index (χ1) is 14.0. The van der Waals surface area contributed by atoms with Gasteiger partial charge in [0.25, 0.3) is 5.91 Å². The lowest BCUT2D eigenvalue weighted by molar-refractivity contribution is -0.137. The third kappa shape index (κ3) is 2.95. The van der Waals surface area contributed by atoms with Gasteiger partial charge >= 0.3 is 6.03 Å². The van der Waals surface area contributed by atoms with E-state index in [0.29, 0.717) is 37.1 Å². The number of benzene rings is 1. The number of rotatable bonds is 6. The fourth-order valence-electron chi connectivity index (χ4n) is 4.19. The van der Waals surface area contributed by atoms with Gasteiger partial charge in [-0.25, -0.2) is 9.79 Å². The molecule has 2 atom stereocenters. The number of guanidine groups is 1. The number of imide groups is 1. The number of carbonyl (C=O) groups is 2. The molecule has 156 valence electrons. The van der Waals surface area contributed by atoms with Gasteiger partial charge in [0.05, 0.1) is 19.9 Å². The Kier molecular flexibility index (Phi) is 4.97. The van der Waals surface area contributed by atoms with Crippen LogP contribution in [0.3, 0.4) is 0 Å². The van der Waals surface area contributed by atoms with E-state index in [-0.39, 0.29) is 11.9 Å². The predicted octanol–water partition coefficient (Wildman–Crippen LogP) is 1.58. The molecule has 29 heavy (non-hydrogen) atoms. The molecule has 9 nitrogen and oxygen atoms in total. The maximum absolute atomic E-state index is 13.2. The molecule has 3 aliphatic rings. The van der Waals surface area contributed by atoms with Crippen LogP contribution in [0.25, 0.3) is 0 Å². The lowest BCUT2D eigenvalue weighted by Gasteiger charge is -2.40. The van der Waals surface area contributed by atoms with E-state index in [4.69, 9.17) is 14.5 Å². The Labute approximate surface area is 170 Å². The number of ether oxygens (including phenoxy) is 2. The first kappa shape index (κ1) is 19.4. The van der Waals surface area contributed by atoms with Crippen LogP contribution in [0.1, 0.15) is 19.8 Å². The number of hydrogen-bond acceptors (Lipinski definition) is 7. The first-order valence-electron chi connectivity index (χ1n) is 9.94. The summed E-state index contributed by atoms with van der Waals surface area (Å²) in [4.78, 5) is 37.7. The Bertz CT molecular complexity index is 857. The Morgan fingerprint density at radius 2 is 1.97 bits per heavy atom. The molecule has 4 rings (SSSR count). The van der Waals surface area contributed by atoms with Gasteiger partial charge in [0.2, 0.25) is 5.96 Å². The minimum absolute atomic E-state index is 0.162. The fraction of sp³-hybridized carbons (Fsp3) is 0.550. The van der Waals surface area contributed by atoms with E-state index in [1.807, 2.05) is 34.9 Å². The molecule has 0 bridgehead atoms. The summed E-state index contributed by atoms with van der Waals surface area (Å²) in [5, 5.41) is 0. The molecule has 0 saturated carbocycles. The Morgan fingerprint density at radius 1 is 1.17 bits per heavy atom. The van der Waals surface area contributed by atoms with Crippen molar-refractivity contribution in [3.05, 3.63) is 18.2 Å². The van der Waals surface area contributed by atoms with Crippen molar-refractivity contribution in [2.45, 2.75) is 32.0 Å². The molecule has 0 spiro atoms. The van der Waals surface area contributed by atoms with Gasteiger partial charge in [0.15, 0.2) is 12.2 Å². The van der Waals surface area contributed by atoms with E-state index in [1.165, 1.54) is 4.90 Å². The standard InChI is InChI=1S/C20H27N5O4/c1-5-6-9-25-18(26)16-17(22(2)20(25)27)21-19-23(10-11-24(16)19)14-12-13(28-3)7-8-15(14)29-4/h7-8,12,16-17H,5-6,9-11H2,1-4H3. The van der Waals surface area contributed by atoms with Crippen molar-refractivity contribution in [3.8, 4) is 11.5 Å². The van der Waals surface area contributed by atoms with Crippen molar-refractivity contribution in [1.82, 2.24) is 14.7 Å². The molecule has 0 aromatic heterocycles. The molecular formula is C20H27N5O4. The lowest BCUT2D eigenvalue weighted by atomic mass is 10.1. The van der Waals surface area contributed by atoms with Crippen molar-refractivity contribution >= 4 is 23.6 Å². The van der Waals surface area contributed by atoms with Gasteiger partial charge in [-0.3, -0.25) is 9.69 Å². The topological polar surface area (TPSA) is 77.9 Å². The second kappa shape index (κ2) is 7.46. The molecule has 3 heterocycles. The highest BCUT2D eigenvalue weighted by Gasteiger charge is 2.54. The second-order valence-corrected chi connectivity index (χ2v) is 7.41. The van der Waals surface area contributed by atoms with Gasteiger partial charge in [-0.05, 0) is 18.6 Å². The molecule has 3 amide bonds. The molecule has 0 N–H and O–H groups in total. The highest BCUT2D eigenvalue weighted by atomic mass is 16.5. The fourth-order valence-corrected chi connectivity index (χ4v) is 4.19. The van der Waals surface area contributed by atoms with Crippen LogP contribution in [0.15, 0.2) is 23.2 Å². The summed E-state index contributed by atoms with van der Waals surface area (Å²) < 4.78 is 10.9. The van der Waals surface area contributed by atoms with E-state index < -0.39 is 12.2 Å². The highest BCUT2D eigenvalue weighted by molar-refractivity contribution is 6.08. The Morgan fingerprint density at radius 3 is 2.66 bits per heavy atom. The molecule has 9 heteroatoms. The Balaban J connectivity index is 1.67. The monoisotopic (exact) mass is 401 g/mol. The van der Waals surface area contributed by atoms with E-state index >= 15 is 0 Å². The molecule has 2 fully saturated rings. The molecule has 2 saturated heterocycles. The number of aliphatic imine (C=N–C) groups is 1. The number of nitrogens with zero attached hydrogens (tertiary/aromatic N) is 5. The van der Waals surface area contributed by atoms with Gasteiger partial charge in [0, 0.05) is 32.7 Å². The van der Waals surface area contributed by atoms with Gasteiger partial charge in [-0.15, -0.1) is 0 Å². The molecule has 3 aliphatic heterocycles. The second-order valence-electron chi connectivity index (χ2n) is 7.41. The van der Waals surface area contributed by atoms with Crippen LogP contribution >= 0.6 is 0 Å². The van der Waals surface area contributed by atoms with E-state index in [2.05, 4.69) is 0 Å². The van der Waals surface area contributed by atoms with Gasteiger partial charge in [-0.2, -0.15) is 0 Å². The number of hydrogen-bond donors (Lipinski definition) is 0. The number of amides is 3. The lowest BCUT2D eigenvalue weighted by Crippen LogP contribution is -2.64. The number of carbonyl (C=O) groups excluding carboxylic acids is 2. The maximum atomic E-state index is 13.2. The van der Waals surface area contributed by atoms with Crippen LogP contribution in [0.2, 0.25) is 0 Å². The van der Waals surface area contributed by atoms with Gasteiger partial charge < -0.3 is 24.2 Å². The number of urea groups is 1. The largest absolute Gasteiger partial charge is 0.497 e. The van der Waals surface area contributed by atoms with E-state index in [1.54, 1.807) is 26.2 Å². The van der Waals surface area contributed by atoms with Crippen LogP contribution < -0.4 is 14.4 Å². The summed E-state index contributed by atoms with van der Waals surface area (Å²) >= 11 is 0. The zero-order chi connectivity index (χ0) is 20.7. The highest BCUT2D eigenvalue weighted by Crippen LogP contribution is 2.38. The average Bonchev–Trinajstić information content (AvgIpc) is 3.31. The van der Waals surface area contributed by atoms with Crippen LogP contribution in [0.5, 0.6) is 11.5 Å². The van der Waals surface area contributed by atoms with Crippen molar-refractivity contribution in [3.63, 3.8) is 0 Å². The maximum Gasteiger partial charge on any atom is 0.328 e. The minimum atomic E-state index is -0.512. The number of unbranched alkanes of at least 4 members (excludes halogenated alkanes) is 1. The third-order valence-corrected chi connectivity index (χ3v) is 5.79. The molecule has 1 aromatic carbocycles. The van der Waals surface area contributed by atoms with Crippen molar-refractivity contribution in [2.24, 2.45) is 4.99 Å². The number of fused-ring (bicyclic) bond motifs is 3. The van der Waals surface area contributed by atoms with Gasteiger partial charge in [0.1, 0.15) is 11.5 Å². The summed E-state index contributed by atoms with van der Waals surface area (Å²) in [7, 11) is 4.96. The quantitative estimate of drug-likeness (QED) is 0.720. The van der Waals surface area contributed by atoms with Crippen molar-refractivity contribution < 1.29 is 19.1 Å². The summed E-state index contributed by atoms with van der Waals surface area (Å²) in [6, 6.07) is 4.84. The summed E-state index contributed by atoms with van der Waals surface area (Å²) in [5.41, 5.74) is 0.830. The van der Waals surface area contributed by atoms with E-state index in [9.17, 15) is 9.59 Å². The smallest absolute Gasteiger partial charge is 0.328 e. The SMILES string of the molecule is CCCCN1C(=O)C2C(N=C3N(c4cc(OC)ccc4OC)CCN32)N(C)C1=O. The van der Waals surface area contributed by atoms with Crippen LogP contribution in [0.4, 0.5) is 10.5 Å².